The van der Waals surface area contributed by atoms with E-state index in [0.29, 0.717) is 18.6 Å². The monoisotopic (exact) mass is 304 g/mol. The first-order chi connectivity index (χ1) is 10.5. The average molecular weight is 304 g/mol. The molecule has 4 nitrogen and oxygen atoms in total. The third-order valence-corrected chi connectivity index (χ3v) is 4.69. The highest BCUT2D eigenvalue weighted by Gasteiger charge is 2.38. The average Bonchev–Trinajstić information content (AvgIpc) is 2.86. The molecule has 0 aromatic heterocycles. The second kappa shape index (κ2) is 7.75. The summed E-state index contributed by atoms with van der Waals surface area (Å²) in [7, 11) is 2.10. The number of amides is 1. The molecular weight excluding hydrogens is 276 g/mol. The molecule has 122 valence electrons. The molecule has 1 aromatic carbocycles. The number of ether oxygens (including phenoxy) is 1. The number of carbonyl (C=O) groups excluding carboxylic acids is 1. The van der Waals surface area contributed by atoms with E-state index in [1.165, 1.54) is 5.56 Å². The number of nitrogens with zero attached hydrogens (tertiary/aromatic N) is 1. The molecule has 1 aliphatic rings. The van der Waals surface area contributed by atoms with Crippen LogP contribution in [0.1, 0.15) is 32.8 Å². The fourth-order valence-corrected chi connectivity index (χ4v) is 3.08. The maximum Gasteiger partial charge on any atom is 0.217 e. The number of likely N-dealkylation sites (N-methyl/N-ethyl adjacent to an activating group) is 1. The standard InChI is InChI=1S/C18H28N2O2/c1-5-13(2)17(19-14(3)21)18-20(4)16(12-22-18)11-15-9-7-6-8-10-15/h6-10,13,16-18H,5,11-12H2,1-4H3,(H,19,21)/t13-,16-,17-,18?/m0/s1. The summed E-state index contributed by atoms with van der Waals surface area (Å²) >= 11 is 0. The molecule has 0 aliphatic carbocycles. The van der Waals surface area contributed by atoms with Gasteiger partial charge in [0.15, 0.2) is 0 Å². The van der Waals surface area contributed by atoms with Crippen LogP contribution in [0.2, 0.25) is 0 Å². The molecule has 1 fully saturated rings. The van der Waals surface area contributed by atoms with Crippen LogP contribution < -0.4 is 5.32 Å². The number of benzene rings is 1. The SMILES string of the molecule is CC[C@H](C)[C@H](NC(C)=O)C1OC[C@H](Cc2ccccc2)N1C. The van der Waals surface area contributed by atoms with Gasteiger partial charge < -0.3 is 10.1 Å². The third kappa shape index (κ3) is 4.08. The van der Waals surface area contributed by atoms with Crippen molar-refractivity contribution >= 4 is 5.91 Å². The van der Waals surface area contributed by atoms with E-state index in [1.54, 1.807) is 6.92 Å². The lowest BCUT2D eigenvalue weighted by Gasteiger charge is -2.34. The van der Waals surface area contributed by atoms with Crippen molar-refractivity contribution in [3.05, 3.63) is 35.9 Å². The van der Waals surface area contributed by atoms with Gasteiger partial charge in [0, 0.05) is 13.0 Å². The number of hydrogen-bond donors (Lipinski definition) is 1. The lowest BCUT2D eigenvalue weighted by Crippen LogP contribution is -2.52. The van der Waals surface area contributed by atoms with Crippen LogP contribution in [0.5, 0.6) is 0 Å². The van der Waals surface area contributed by atoms with Crippen molar-refractivity contribution in [3.8, 4) is 0 Å². The van der Waals surface area contributed by atoms with Crippen molar-refractivity contribution in [3.63, 3.8) is 0 Å². The summed E-state index contributed by atoms with van der Waals surface area (Å²) in [5.41, 5.74) is 1.32. The number of rotatable bonds is 6. The first kappa shape index (κ1) is 17.0. The van der Waals surface area contributed by atoms with E-state index in [-0.39, 0.29) is 18.2 Å². The van der Waals surface area contributed by atoms with E-state index in [2.05, 4.69) is 55.4 Å². The molecule has 1 N–H and O–H groups in total. The maximum atomic E-state index is 11.5. The van der Waals surface area contributed by atoms with Gasteiger partial charge in [-0.3, -0.25) is 9.69 Å². The summed E-state index contributed by atoms with van der Waals surface area (Å²) in [6.07, 6.45) is 1.94. The van der Waals surface area contributed by atoms with Crippen LogP contribution in [0.25, 0.3) is 0 Å². The van der Waals surface area contributed by atoms with Crippen LogP contribution in [-0.2, 0) is 16.0 Å². The van der Waals surface area contributed by atoms with E-state index < -0.39 is 0 Å². The van der Waals surface area contributed by atoms with Gasteiger partial charge >= 0.3 is 0 Å². The summed E-state index contributed by atoms with van der Waals surface area (Å²) in [6.45, 7) is 6.60. The third-order valence-electron chi connectivity index (χ3n) is 4.69. The van der Waals surface area contributed by atoms with Crippen LogP contribution in [0.3, 0.4) is 0 Å². The fourth-order valence-electron chi connectivity index (χ4n) is 3.08. The molecular formula is C18H28N2O2. The maximum absolute atomic E-state index is 11.5. The minimum atomic E-state index is -0.0486. The molecule has 1 unspecified atom stereocenters. The zero-order valence-corrected chi connectivity index (χ0v) is 14.1. The Labute approximate surface area is 133 Å². The largest absolute Gasteiger partial charge is 0.359 e. The Hall–Kier alpha value is -1.39. The van der Waals surface area contributed by atoms with E-state index >= 15 is 0 Å². The quantitative estimate of drug-likeness (QED) is 0.877. The highest BCUT2D eigenvalue weighted by atomic mass is 16.5. The van der Waals surface area contributed by atoms with Crippen molar-refractivity contribution in [2.24, 2.45) is 5.92 Å². The van der Waals surface area contributed by atoms with E-state index in [1.807, 2.05) is 6.07 Å². The minimum absolute atomic E-state index is 0.00816. The molecule has 0 bridgehead atoms. The van der Waals surface area contributed by atoms with Gasteiger partial charge in [-0.2, -0.15) is 0 Å². The molecule has 2 rings (SSSR count). The molecule has 22 heavy (non-hydrogen) atoms. The molecule has 4 atom stereocenters. The summed E-state index contributed by atoms with van der Waals surface area (Å²) < 4.78 is 6.05. The zero-order valence-electron chi connectivity index (χ0n) is 14.1. The van der Waals surface area contributed by atoms with Gasteiger partial charge in [-0.25, -0.2) is 0 Å². The Morgan fingerprint density at radius 3 is 2.68 bits per heavy atom. The van der Waals surface area contributed by atoms with Crippen LogP contribution in [0.15, 0.2) is 30.3 Å². The van der Waals surface area contributed by atoms with Crippen LogP contribution in [0.4, 0.5) is 0 Å². The first-order valence-corrected chi connectivity index (χ1v) is 8.17. The number of nitrogens with one attached hydrogen (secondary N) is 1. The second-order valence-corrected chi connectivity index (χ2v) is 6.34. The van der Waals surface area contributed by atoms with Gasteiger partial charge in [0.1, 0.15) is 6.23 Å². The van der Waals surface area contributed by atoms with Gasteiger partial charge in [0.05, 0.1) is 12.6 Å². The zero-order chi connectivity index (χ0) is 16.1. The molecule has 1 amide bonds. The van der Waals surface area contributed by atoms with E-state index in [0.717, 1.165) is 12.8 Å². The van der Waals surface area contributed by atoms with Crippen molar-refractivity contribution < 1.29 is 9.53 Å². The fraction of sp³-hybridized carbons (Fsp3) is 0.611. The van der Waals surface area contributed by atoms with Gasteiger partial charge in [-0.1, -0.05) is 50.6 Å². The Bertz CT molecular complexity index is 477. The predicted octanol–water partition coefficient (Wildman–Crippen LogP) is 2.44. The van der Waals surface area contributed by atoms with E-state index in [4.69, 9.17) is 4.74 Å². The van der Waals surface area contributed by atoms with Gasteiger partial charge in [0.25, 0.3) is 0 Å². The highest BCUT2D eigenvalue weighted by molar-refractivity contribution is 5.73. The lowest BCUT2D eigenvalue weighted by atomic mass is 9.96. The summed E-state index contributed by atoms with van der Waals surface area (Å²) in [5, 5.41) is 3.08. The number of hydrogen-bond acceptors (Lipinski definition) is 3. The van der Waals surface area contributed by atoms with Crippen LogP contribution in [-0.4, -0.2) is 42.8 Å². The van der Waals surface area contributed by atoms with Crippen LogP contribution >= 0.6 is 0 Å². The molecule has 1 heterocycles. The predicted molar refractivity (Wildman–Crippen MR) is 88.5 cm³/mol. The second-order valence-electron chi connectivity index (χ2n) is 6.34. The first-order valence-electron chi connectivity index (χ1n) is 8.17. The molecule has 0 saturated carbocycles. The van der Waals surface area contributed by atoms with Crippen molar-refractivity contribution in [2.75, 3.05) is 13.7 Å². The van der Waals surface area contributed by atoms with Crippen molar-refractivity contribution in [2.45, 2.75) is 51.9 Å². The summed E-state index contributed by atoms with van der Waals surface area (Å²) in [4.78, 5) is 13.8. The molecule has 1 aliphatic heterocycles. The molecule has 1 saturated heterocycles. The number of carbonyl (C=O) groups is 1. The van der Waals surface area contributed by atoms with Crippen molar-refractivity contribution in [1.82, 2.24) is 10.2 Å². The normalized spacial score (nSPS) is 24.9. The lowest BCUT2D eigenvalue weighted by molar-refractivity contribution is -0.122. The Kier molecular flexibility index (Phi) is 5.98. The Morgan fingerprint density at radius 1 is 1.41 bits per heavy atom. The van der Waals surface area contributed by atoms with Gasteiger partial charge in [-0.05, 0) is 24.9 Å². The summed E-state index contributed by atoms with van der Waals surface area (Å²) in [6, 6.07) is 10.9. The Morgan fingerprint density at radius 2 is 2.09 bits per heavy atom. The molecule has 0 spiro atoms. The Balaban J connectivity index is 2.04. The highest BCUT2D eigenvalue weighted by Crippen LogP contribution is 2.25. The van der Waals surface area contributed by atoms with Crippen LogP contribution in [0, 0.1) is 5.92 Å². The molecule has 4 heteroatoms. The van der Waals surface area contributed by atoms with E-state index in [9.17, 15) is 4.79 Å². The minimum Gasteiger partial charge on any atom is -0.359 e. The van der Waals surface area contributed by atoms with Gasteiger partial charge in [-0.15, -0.1) is 0 Å². The topological polar surface area (TPSA) is 41.6 Å². The van der Waals surface area contributed by atoms with Gasteiger partial charge in [0.2, 0.25) is 5.91 Å². The molecule has 0 radical (unpaired) electrons. The van der Waals surface area contributed by atoms with Crippen molar-refractivity contribution in [1.29, 1.82) is 0 Å². The summed E-state index contributed by atoms with van der Waals surface area (Å²) in [5.74, 6) is 0.389. The molecule has 1 aromatic rings. The smallest absolute Gasteiger partial charge is 0.217 e.